The molecule has 0 spiro atoms. The Morgan fingerprint density at radius 2 is 1.29 bits per heavy atom. The molecule has 0 aliphatic carbocycles. The Labute approximate surface area is 159 Å². The van der Waals surface area contributed by atoms with Gasteiger partial charge in [-0.05, 0) is 40.8 Å². The van der Waals surface area contributed by atoms with E-state index in [-0.39, 0.29) is 5.56 Å². The van der Waals surface area contributed by atoms with Crippen LogP contribution in [0.25, 0.3) is 22.3 Å². The molecular formula is C22H17F5O. The number of ether oxygens (including phenoxy) is 1. The summed E-state index contributed by atoms with van der Waals surface area (Å²) >= 11 is 0. The van der Waals surface area contributed by atoms with E-state index >= 15 is 0 Å². The minimum atomic E-state index is -5.19. The second-order valence-corrected chi connectivity index (χ2v) is 6.31. The fourth-order valence-electron chi connectivity index (χ4n) is 2.96. The van der Waals surface area contributed by atoms with Crippen molar-refractivity contribution in [2.75, 3.05) is 0 Å². The zero-order valence-electron chi connectivity index (χ0n) is 15.0. The van der Waals surface area contributed by atoms with E-state index in [1.165, 1.54) is 5.56 Å². The van der Waals surface area contributed by atoms with Gasteiger partial charge in [-0.2, -0.15) is 0 Å². The third-order valence-electron chi connectivity index (χ3n) is 4.29. The number of alkyl halides is 3. The lowest BCUT2D eigenvalue weighted by molar-refractivity contribution is -0.276. The van der Waals surface area contributed by atoms with E-state index in [1.807, 2.05) is 24.3 Å². The molecule has 0 aliphatic heterocycles. The zero-order chi connectivity index (χ0) is 20.3. The second-order valence-electron chi connectivity index (χ2n) is 6.31. The molecule has 0 heterocycles. The molecule has 0 bridgehead atoms. The average molecular weight is 392 g/mol. The lowest BCUT2D eigenvalue weighted by Gasteiger charge is -2.13. The van der Waals surface area contributed by atoms with Gasteiger partial charge in [0.25, 0.3) is 0 Å². The van der Waals surface area contributed by atoms with Crippen molar-refractivity contribution in [1.29, 1.82) is 0 Å². The Bertz CT molecular complexity index is 944. The van der Waals surface area contributed by atoms with Crippen LogP contribution in [0.3, 0.4) is 0 Å². The molecule has 0 atom stereocenters. The highest BCUT2D eigenvalue weighted by atomic mass is 19.4. The predicted octanol–water partition coefficient (Wildman–Crippen LogP) is 7.15. The third-order valence-corrected chi connectivity index (χ3v) is 4.29. The van der Waals surface area contributed by atoms with Crippen molar-refractivity contribution in [2.24, 2.45) is 0 Å². The summed E-state index contributed by atoms with van der Waals surface area (Å²) in [7, 11) is 0. The van der Waals surface area contributed by atoms with Crippen LogP contribution >= 0.6 is 0 Å². The van der Waals surface area contributed by atoms with Crippen LogP contribution in [0.5, 0.6) is 5.75 Å². The number of halogens is 5. The standard InChI is InChI=1S/C22H17F5O/c1-2-3-14-4-6-15(7-5-14)16-8-10-17(11-9-16)18-12-13-19(23)21(20(18)24)28-22(25,26)27/h4-13H,2-3H2,1H3. The monoisotopic (exact) mass is 392 g/mol. The van der Waals surface area contributed by atoms with Gasteiger partial charge in [0.2, 0.25) is 5.75 Å². The molecule has 0 N–H and O–H groups in total. The summed E-state index contributed by atoms with van der Waals surface area (Å²) in [6.45, 7) is 2.10. The van der Waals surface area contributed by atoms with Gasteiger partial charge in [0.1, 0.15) is 0 Å². The lowest BCUT2D eigenvalue weighted by atomic mass is 9.98. The van der Waals surface area contributed by atoms with Crippen LogP contribution in [-0.2, 0) is 6.42 Å². The van der Waals surface area contributed by atoms with Crippen molar-refractivity contribution >= 4 is 0 Å². The highest BCUT2D eigenvalue weighted by molar-refractivity contribution is 5.71. The van der Waals surface area contributed by atoms with E-state index in [2.05, 4.69) is 11.7 Å². The molecule has 3 aromatic carbocycles. The normalized spacial score (nSPS) is 11.5. The molecule has 0 fully saturated rings. The maximum absolute atomic E-state index is 14.4. The first-order valence-electron chi connectivity index (χ1n) is 8.72. The van der Waals surface area contributed by atoms with Gasteiger partial charge in [0.15, 0.2) is 11.6 Å². The summed E-state index contributed by atoms with van der Waals surface area (Å²) in [6.07, 6.45) is -3.14. The molecule has 28 heavy (non-hydrogen) atoms. The highest BCUT2D eigenvalue weighted by Crippen LogP contribution is 2.35. The van der Waals surface area contributed by atoms with Gasteiger partial charge in [-0.15, -0.1) is 13.2 Å². The quantitative estimate of drug-likeness (QED) is 0.419. The molecule has 1 nitrogen and oxygen atoms in total. The van der Waals surface area contributed by atoms with Crippen molar-refractivity contribution in [3.8, 4) is 28.0 Å². The van der Waals surface area contributed by atoms with Crippen molar-refractivity contribution in [1.82, 2.24) is 0 Å². The molecule has 0 aromatic heterocycles. The molecule has 146 valence electrons. The first kappa shape index (κ1) is 19.9. The van der Waals surface area contributed by atoms with Crippen molar-refractivity contribution in [3.05, 3.63) is 77.9 Å². The maximum atomic E-state index is 14.4. The van der Waals surface area contributed by atoms with Crippen LogP contribution in [0.2, 0.25) is 0 Å². The van der Waals surface area contributed by atoms with Crippen molar-refractivity contribution < 1.29 is 26.7 Å². The lowest BCUT2D eigenvalue weighted by Crippen LogP contribution is -2.19. The number of aryl methyl sites for hydroxylation is 1. The Hall–Kier alpha value is -2.89. The Balaban J connectivity index is 1.90. The van der Waals surface area contributed by atoms with Gasteiger partial charge in [-0.25, -0.2) is 8.78 Å². The molecular weight excluding hydrogens is 375 g/mol. The number of hydrogen-bond donors (Lipinski definition) is 0. The van der Waals surface area contributed by atoms with Crippen LogP contribution in [0, 0.1) is 11.6 Å². The van der Waals surface area contributed by atoms with Gasteiger partial charge in [0, 0.05) is 5.56 Å². The topological polar surface area (TPSA) is 9.23 Å². The molecule has 3 aromatic rings. The van der Waals surface area contributed by atoms with Gasteiger partial charge in [-0.3, -0.25) is 0 Å². The number of rotatable bonds is 5. The van der Waals surface area contributed by atoms with Crippen LogP contribution < -0.4 is 4.74 Å². The summed E-state index contributed by atoms with van der Waals surface area (Å²) in [6, 6.07) is 16.5. The molecule has 3 rings (SSSR count). The second kappa shape index (κ2) is 8.00. The fraction of sp³-hybridized carbons (Fsp3) is 0.182. The SMILES string of the molecule is CCCc1ccc(-c2ccc(-c3ccc(F)c(OC(F)(F)F)c3F)cc2)cc1. The van der Waals surface area contributed by atoms with E-state index in [0.717, 1.165) is 36.1 Å². The first-order chi connectivity index (χ1) is 13.3. The van der Waals surface area contributed by atoms with E-state index in [0.29, 0.717) is 5.56 Å². The van der Waals surface area contributed by atoms with Gasteiger partial charge in [0.05, 0.1) is 0 Å². The van der Waals surface area contributed by atoms with Gasteiger partial charge >= 0.3 is 6.36 Å². The maximum Gasteiger partial charge on any atom is 0.573 e. The number of benzene rings is 3. The summed E-state index contributed by atoms with van der Waals surface area (Å²) in [5.41, 5.74) is 3.21. The Morgan fingerprint density at radius 1 is 0.750 bits per heavy atom. The first-order valence-corrected chi connectivity index (χ1v) is 8.72. The average Bonchev–Trinajstić information content (AvgIpc) is 2.66. The molecule has 0 amide bonds. The molecule has 0 saturated carbocycles. The molecule has 0 radical (unpaired) electrons. The van der Waals surface area contributed by atoms with E-state index in [9.17, 15) is 22.0 Å². The molecule has 0 aliphatic rings. The largest absolute Gasteiger partial charge is 0.573 e. The van der Waals surface area contributed by atoms with Gasteiger partial charge in [-0.1, -0.05) is 61.9 Å². The van der Waals surface area contributed by atoms with Crippen LogP contribution in [0.15, 0.2) is 60.7 Å². The zero-order valence-corrected chi connectivity index (χ0v) is 15.0. The van der Waals surface area contributed by atoms with Crippen molar-refractivity contribution in [3.63, 3.8) is 0 Å². The molecule has 6 heteroatoms. The van der Waals surface area contributed by atoms with Crippen LogP contribution in [0.4, 0.5) is 22.0 Å². The number of hydrogen-bond acceptors (Lipinski definition) is 1. The third kappa shape index (κ3) is 4.50. The minimum Gasteiger partial charge on any atom is -0.399 e. The smallest absolute Gasteiger partial charge is 0.399 e. The van der Waals surface area contributed by atoms with Crippen LogP contribution in [-0.4, -0.2) is 6.36 Å². The predicted molar refractivity (Wildman–Crippen MR) is 97.9 cm³/mol. The van der Waals surface area contributed by atoms with E-state index in [1.54, 1.807) is 24.3 Å². The fourth-order valence-corrected chi connectivity index (χ4v) is 2.96. The summed E-state index contributed by atoms with van der Waals surface area (Å²) < 4.78 is 68.7. The van der Waals surface area contributed by atoms with E-state index in [4.69, 9.17) is 0 Å². The van der Waals surface area contributed by atoms with E-state index < -0.39 is 23.7 Å². The van der Waals surface area contributed by atoms with Crippen LogP contribution in [0.1, 0.15) is 18.9 Å². The van der Waals surface area contributed by atoms with Gasteiger partial charge < -0.3 is 4.74 Å². The van der Waals surface area contributed by atoms with Crippen molar-refractivity contribution in [2.45, 2.75) is 26.1 Å². The minimum absolute atomic E-state index is 0.175. The summed E-state index contributed by atoms with van der Waals surface area (Å²) in [4.78, 5) is 0. The highest BCUT2D eigenvalue weighted by Gasteiger charge is 2.34. The summed E-state index contributed by atoms with van der Waals surface area (Å²) in [5.74, 6) is -4.27. The molecule has 0 unspecified atom stereocenters. The summed E-state index contributed by atoms with van der Waals surface area (Å²) in [5, 5.41) is 0. The molecule has 0 saturated heterocycles. The Morgan fingerprint density at radius 3 is 1.82 bits per heavy atom. The Kier molecular flexibility index (Phi) is 5.68.